The van der Waals surface area contributed by atoms with Crippen molar-refractivity contribution >= 4 is 11.8 Å². The molecule has 0 unspecified atom stereocenters. The summed E-state index contributed by atoms with van der Waals surface area (Å²) in [5.41, 5.74) is 1.44. The van der Waals surface area contributed by atoms with Crippen molar-refractivity contribution in [3.63, 3.8) is 0 Å². The predicted octanol–water partition coefficient (Wildman–Crippen LogP) is 2.65. The van der Waals surface area contributed by atoms with E-state index in [0.717, 1.165) is 24.9 Å². The van der Waals surface area contributed by atoms with Gasteiger partial charge in [0.25, 0.3) is 0 Å². The van der Waals surface area contributed by atoms with Crippen molar-refractivity contribution in [2.45, 2.75) is 46.1 Å². The molecule has 0 spiro atoms. The zero-order chi connectivity index (χ0) is 16.2. The lowest BCUT2D eigenvalue weighted by Gasteiger charge is -2.23. The van der Waals surface area contributed by atoms with Crippen LogP contribution in [-0.2, 0) is 16.1 Å². The molecule has 22 heavy (non-hydrogen) atoms. The molecule has 1 aromatic rings. The Balaban J connectivity index is 1.92. The lowest BCUT2D eigenvalue weighted by Crippen LogP contribution is -2.43. The van der Waals surface area contributed by atoms with E-state index in [1.165, 1.54) is 5.56 Å². The summed E-state index contributed by atoms with van der Waals surface area (Å²) in [5, 5.41) is 2.93. The molecule has 0 bridgehead atoms. The Hall–Kier alpha value is -1.84. The van der Waals surface area contributed by atoms with Crippen LogP contribution in [0.4, 0.5) is 0 Å². The monoisotopic (exact) mass is 302 g/mol. The van der Waals surface area contributed by atoms with Gasteiger partial charge in [-0.05, 0) is 31.7 Å². The number of carbonyl (C=O) groups is 2. The van der Waals surface area contributed by atoms with Crippen molar-refractivity contribution in [2.24, 2.45) is 5.41 Å². The molecule has 1 aliphatic rings. The molecule has 4 heteroatoms. The molecule has 2 amide bonds. The maximum Gasteiger partial charge on any atom is 0.238 e. The van der Waals surface area contributed by atoms with E-state index in [9.17, 15) is 9.59 Å². The molecule has 0 saturated heterocycles. The minimum atomic E-state index is -0.799. The van der Waals surface area contributed by atoms with Gasteiger partial charge in [-0.15, -0.1) is 0 Å². The van der Waals surface area contributed by atoms with Crippen LogP contribution in [-0.4, -0.2) is 30.3 Å². The molecule has 120 valence electrons. The van der Waals surface area contributed by atoms with E-state index in [4.69, 9.17) is 0 Å². The zero-order valence-electron chi connectivity index (χ0n) is 13.8. The molecule has 1 fully saturated rings. The first kappa shape index (κ1) is 16.5. The second kappa shape index (κ2) is 6.95. The van der Waals surface area contributed by atoms with Crippen molar-refractivity contribution in [1.82, 2.24) is 10.2 Å². The van der Waals surface area contributed by atoms with Crippen LogP contribution in [0.25, 0.3) is 0 Å². The molecule has 0 aliphatic heterocycles. The summed E-state index contributed by atoms with van der Waals surface area (Å²) in [6.07, 6.45) is 3.36. The number of hydrogen-bond acceptors (Lipinski definition) is 2. The average molecular weight is 302 g/mol. The first-order chi connectivity index (χ1) is 10.5. The Morgan fingerprint density at radius 2 is 2.05 bits per heavy atom. The summed E-state index contributed by atoms with van der Waals surface area (Å²) < 4.78 is 0. The zero-order valence-corrected chi connectivity index (χ0v) is 13.8. The number of hydrogen-bond donors (Lipinski definition) is 1. The molecule has 2 rings (SSSR count). The highest BCUT2D eigenvalue weighted by molar-refractivity contribution is 6.07. The van der Waals surface area contributed by atoms with Crippen LogP contribution in [0.2, 0.25) is 0 Å². The number of benzene rings is 1. The van der Waals surface area contributed by atoms with Crippen LogP contribution in [0, 0.1) is 12.3 Å². The summed E-state index contributed by atoms with van der Waals surface area (Å²) in [6, 6.07) is 8.05. The standard InChI is InChI=1S/C18H26N2O2/c1-4-5-11-20(3)17(22)18(9-10-18)16(21)19-13-15-8-6-7-14(2)12-15/h6-8,12H,4-5,9-11,13H2,1-3H3,(H,19,21). The van der Waals surface area contributed by atoms with Crippen LogP contribution in [0.15, 0.2) is 24.3 Å². The van der Waals surface area contributed by atoms with Crippen molar-refractivity contribution < 1.29 is 9.59 Å². The van der Waals surface area contributed by atoms with Crippen LogP contribution < -0.4 is 5.32 Å². The number of carbonyl (C=O) groups excluding carboxylic acids is 2. The van der Waals surface area contributed by atoms with Gasteiger partial charge in [-0.2, -0.15) is 0 Å². The van der Waals surface area contributed by atoms with Crippen LogP contribution >= 0.6 is 0 Å². The second-order valence-electron chi connectivity index (χ2n) is 6.33. The molecule has 0 atom stereocenters. The third-order valence-corrected chi connectivity index (χ3v) is 4.32. The minimum absolute atomic E-state index is 0.0253. The second-order valence-corrected chi connectivity index (χ2v) is 6.33. The summed E-state index contributed by atoms with van der Waals surface area (Å²) in [7, 11) is 1.80. The Morgan fingerprint density at radius 3 is 2.64 bits per heavy atom. The van der Waals surface area contributed by atoms with Gasteiger partial charge in [-0.1, -0.05) is 43.2 Å². The van der Waals surface area contributed by atoms with E-state index in [1.54, 1.807) is 11.9 Å². The van der Waals surface area contributed by atoms with Crippen molar-refractivity contribution in [2.75, 3.05) is 13.6 Å². The van der Waals surface area contributed by atoms with E-state index in [-0.39, 0.29) is 11.8 Å². The van der Waals surface area contributed by atoms with Gasteiger partial charge in [0.15, 0.2) is 0 Å². The molecule has 1 N–H and O–H groups in total. The van der Waals surface area contributed by atoms with Crippen LogP contribution in [0.5, 0.6) is 0 Å². The molecule has 1 aromatic carbocycles. The fourth-order valence-electron chi connectivity index (χ4n) is 2.70. The van der Waals surface area contributed by atoms with Crippen LogP contribution in [0.3, 0.4) is 0 Å². The predicted molar refractivity (Wildman–Crippen MR) is 87.2 cm³/mol. The number of nitrogens with zero attached hydrogens (tertiary/aromatic N) is 1. The van der Waals surface area contributed by atoms with Crippen molar-refractivity contribution in [3.05, 3.63) is 35.4 Å². The molecule has 0 aromatic heterocycles. The van der Waals surface area contributed by atoms with Crippen molar-refractivity contribution in [1.29, 1.82) is 0 Å². The van der Waals surface area contributed by atoms with E-state index in [1.807, 2.05) is 25.1 Å². The number of unbranched alkanes of at least 4 members (excludes halogenated alkanes) is 1. The lowest BCUT2D eigenvalue weighted by atomic mass is 10.0. The summed E-state index contributed by atoms with van der Waals surface area (Å²) >= 11 is 0. The van der Waals surface area contributed by atoms with Gasteiger partial charge in [0.1, 0.15) is 5.41 Å². The van der Waals surface area contributed by atoms with E-state index < -0.39 is 5.41 Å². The van der Waals surface area contributed by atoms with Gasteiger partial charge >= 0.3 is 0 Å². The maximum absolute atomic E-state index is 12.5. The SMILES string of the molecule is CCCCN(C)C(=O)C1(C(=O)NCc2cccc(C)c2)CC1. The molecule has 0 radical (unpaired) electrons. The Morgan fingerprint density at radius 1 is 1.32 bits per heavy atom. The molecule has 1 saturated carbocycles. The Kier molecular flexibility index (Phi) is 5.22. The van der Waals surface area contributed by atoms with Crippen LogP contribution in [0.1, 0.15) is 43.7 Å². The minimum Gasteiger partial charge on any atom is -0.351 e. The van der Waals surface area contributed by atoms with Gasteiger partial charge in [0.05, 0.1) is 0 Å². The fraction of sp³-hybridized carbons (Fsp3) is 0.556. The first-order valence-corrected chi connectivity index (χ1v) is 8.09. The first-order valence-electron chi connectivity index (χ1n) is 8.09. The summed E-state index contributed by atoms with van der Waals surface area (Å²) in [6.45, 7) is 5.33. The summed E-state index contributed by atoms with van der Waals surface area (Å²) in [4.78, 5) is 26.7. The third-order valence-electron chi connectivity index (χ3n) is 4.32. The number of amides is 2. The smallest absolute Gasteiger partial charge is 0.238 e. The van der Waals surface area contributed by atoms with E-state index in [2.05, 4.69) is 18.3 Å². The highest BCUT2D eigenvalue weighted by atomic mass is 16.2. The van der Waals surface area contributed by atoms with Gasteiger partial charge in [0, 0.05) is 20.1 Å². The number of nitrogens with one attached hydrogen (secondary N) is 1. The average Bonchev–Trinajstić information content (AvgIpc) is 3.31. The Bertz CT molecular complexity index is 550. The lowest BCUT2D eigenvalue weighted by molar-refractivity contribution is -0.143. The van der Waals surface area contributed by atoms with Gasteiger partial charge < -0.3 is 10.2 Å². The highest BCUT2D eigenvalue weighted by Gasteiger charge is 2.57. The van der Waals surface area contributed by atoms with E-state index >= 15 is 0 Å². The maximum atomic E-state index is 12.5. The fourth-order valence-corrected chi connectivity index (χ4v) is 2.70. The largest absolute Gasteiger partial charge is 0.351 e. The molecule has 1 aliphatic carbocycles. The molecule has 0 heterocycles. The quantitative estimate of drug-likeness (QED) is 0.787. The molecule has 4 nitrogen and oxygen atoms in total. The third kappa shape index (κ3) is 3.67. The normalized spacial score (nSPS) is 15.2. The number of aryl methyl sites for hydroxylation is 1. The van der Waals surface area contributed by atoms with Gasteiger partial charge in [-0.25, -0.2) is 0 Å². The number of rotatable bonds is 7. The molecular formula is C18H26N2O2. The van der Waals surface area contributed by atoms with Gasteiger partial charge in [-0.3, -0.25) is 9.59 Å². The van der Waals surface area contributed by atoms with Gasteiger partial charge in [0.2, 0.25) is 11.8 Å². The topological polar surface area (TPSA) is 49.4 Å². The molecular weight excluding hydrogens is 276 g/mol. The summed E-state index contributed by atoms with van der Waals surface area (Å²) in [5.74, 6) is -0.148. The Labute approximate surface area is 132 Å². The van der Waals surface area contributed by atoms with Crippen molar-refractivity contribution in [3.8, 4) is 0 Å². The van der Waals surface area contributed by atoms with E-state index in [0.29, 0.717) is 19.4 Å². The highest BCUT2D eigenvalue weighted by Crippen LogP contribution is 2.47.